The van der Waals surface area contributed by atoms with Gasteiger partial charge in [-0.3, -0.25) is 0 Å². The van der Waals surface area contributed by atoms with Crippen LogP contribution in [0.25, 0.3) is 0 Å². The Balaban J connectivity index is 4.35. The summed E-state index contributed by atoms with van der Waals surface area (Å²) in [6.45, 7) is 15.1. The molecular formula is C10H23BN2. The molecule has 0 saturated carbocycles. The second-order valence-corrected chi connectivity index (χ2v) is 5.05. The van der Waals surface area contributed by atoms with Gasteiger partial charge in [-0.05, 0) is 0 Å². The van der Waals surface area contributed by atoms with Gasteiger partial charge in [0.15, 0.2) is 0 Å². The Morgan fingerprint density at radius 1 is 1.00 bits per heavy atom. The number of rotatable bonds is 3. The second-order valence-electron chi connectivity index (χ2n) is 5.05. The molecule has 0 aliphatic rings. The van der Waals surface area contributed by atoms with E-state index in [1.807, 2.05) is 7.21 Å². The Morgan fingerprint density at radius 3 is 1.62 bits per heavy atom. The van der Waals surface area contributed by atoms with E-state index in [0.717, 1.165) is 0 Å². The van der Waals surface area contributed by atoms with Crippen molar-refractivity contribution in [1.29, 1.82) is 0 Å². The average molecular weight is 182 g/mol. The van der Waals surface area contributed by atoms with E-state index in [2.05, 4.69) is 58.2 Å². The molecule has 0 amide bonds. The van der Waals surface area contributed by atoms with Crippen LogP contribution in [0.5, 0.6) is 0 Å². The summed E-state index contributed by atoms with van der Waals surface area (Å²) in [4.78, 5) is 6.77. The molecule has 0 unspecified atom stereocenters. The zero-order valence-electron chi connectivity index (χ0n) is 10.1. The summed E-state index contributed by atoms with van der Waals surface area (Å²) in [6, 6.07) is 1.04. The summed E-state index contributed by atoms with van der Waals surface area (Å²) in [6.07, 6.45) is 0. The summed E-state index contributed by atoms with van der Waals surface area (Å²) in [5, 5.41) is 0. The molecule has 0 aromatic rings. The van der Waals surface area contributed by atoms with Crippen LogP contribution in [0.1, 0.15) is 48.5 Å². The van der Waals surface area contributed by atoms with E-state index < -0.39 is 0 Å². The van der Waals surface area contributed by atoms with Crippen LogP contribution in [0.3, 0.4) is 0 Å². The van der Waals surface area contributed by atoms with Crippen molar-refractivity contribution in [2.45, 2.75) is 66.1 Å². The molecular weight excluding hydrogens is 159 g/mol. The predicted molar refractivity (Wildman–Crippen MR) is 60.0 cm³/mol. The van der Waals surface area contributed by atoms with Crippen LogP contribution in [-0.4, -0.2) is 29.6 Å². The van der Waals surface area contributed by atoms with Gasteiger partial charge in [0.2, 0.25) is 0 Å². The normalized spacial score (nSPS) is 12.7. The quantitative estimate of drug-likeness (QED) is 0.612. The van der Waals surface area contributed by atoms with Crippen molar-refractivity contribution in [3.8, 4) is 0 Å². The third-order valence-electron chi connectivity index (χ3n) is 1.77. The van der Waals surface area contributed by atoms with Crippen LogP contribution in [0, 0.1) is 0 Å². The molecule has 2 nitrogen and oxygen atoms in total. The fraction of sp³-hybridized carbons (Fsp3) is 1.00. The molecule has 0 fully saturated rings. The van der Waals surface area contributed by atoms with Crippen molar-refractivity contribution in [1.82, 2.24) is 4.81 Å². The zero-order valence-corrected chi connectivity index (χ0v) is 10.1. The first-order chi connectivity index (χ1) is 5.74. The third-order valence-corrected chi connectivity index (χ3v) is 1.77. The van der Waals surface area contributed by atoms with Gasteiger partial charge in [-0.2, -0.15) is 0 Å². The Labute approximate surface area is 83.7 Å². The van der Waals surface area contributed by atoms with Crippen molar-refractivity contribution in [2.75, 3.05) is 0 Å². The fourth-order valence-electron chi connectivity index (χ4n) is 1.10. The summed E-state index contributed by atoms with van der Waals surface area (Å²) in [5.74, 6) is 0. The van der Waals surface area contributed by atoms with E-state index >= 15 is 0 Å². The Hall–Kier alpha value is -0.335. The molecule has 0 aliphatic carbocycles. The topological polar surface area (TPSA) is 15.6 Å². The van der Waals surface area contributed by atoms with Crippen molar-refractivity contribution in [2.24, 2.45) is 4.90 Å². The molecule has 0 radical (unpaired) electrons. The molecule has 0 aliphatic heterocycles. The summed E-state index contributed by atoms with van der Waals surface area (Å²) in [7, 11) is 1.98. The van der Waals surface area contributed by atoms with Crippen molar-refractivity contribution in [3.63, 3.8) is 0 Å². The molecule has 0 bridgehead atoms. The van der Waals surface area contributed by atoms with Gasteiger partial charge in [-0.25, -0.2) is 0 Å². The molecule has 76 valence electrons. The molecule has 0 heterocycles. The Bertz CT molecular complexity index is 160. The molecule has 3 heteroatoms. The average Bonchev–Trinajstić information content (AvgIpc) is 1.82. The minimum absolute atomic E-state index is 0.0298. The van der Waals surface area contributed by atoms with Gasteiger partial charge < -0.3 is 0 Å². The molecule has 13 heavy (non-hydrogen) atoms. The van der Waals surface area contributed by atoms with E-state index in [1.165, 1.54) is 0 Å². The van der Waals surface area contributed by atoms with Crippen LogP contribution in [0.2, 0.25) is 0 Å². The van der Waals surface area contributed by atoms with Gasteiger partial charge in [0.05, 0.1) is 0 Å². The van der Waals surface area contributed by atoms with Gasteiger partial charge in [0.25, 0.3) is 0 Å². The van der Waals surface area contributed by atoms with Gasteiger partial charge in [0, 0.05) is 0 Å². The van der Waals surface area contributed by atoms with Gasteiger partial charge in [-0.15, -0.1) is 0 Å². The van der Waals surface area contributed by atoms with Crippen molar-refractivity contribution in [3.05, 3.63) is 0 Å². The monoisotopic (exact) mass is 182 g/mol. The van der Waals surface area contributed by atoms with E-state index in [0.29, 0.717) is 12.1 Å². The first kappa shape index (κ1) is 12.7. The van der Waals surface area contributed by atoms with Crippen LogP contribution in [-0.2, 0) is 0 Å². The van der Waals surface area contributed by atoms with Crippen LogP contribution < -0.4 is 0 Å². The number of nitrogens with zero attached hydrogens (tertiary/aromatic N) is 2. The fourth-order valence-corrected chi connectivity index (χ4v) is 1.10. The summed E-state index contributed by atoms with van der Waals surface area (Å²) < 4.78 is 0. The molecule has 0 rings (SSSR count). The number of hydrogen-bond donors (Lipinski definition) is 0. The molecule has 0 aromatic heterocycles. The zero-order chi connectivity index (χ0) is 10.6. The molecule has 0 atom stereocenters. The van der Waals surface area contributed by atoms with E-state index in [-0.39, 0.29) is 5.54 Å². The molecule has 0 saturated heterocycles. The van der Waals surface area contributed by atoms with Gasteiger partial charge >= 0.3 is 83.0 Å². The van der Waals surface area contributed by atoms with E-state index in [4.69, 9.17) is 0 Å². The molecule has 0 N–H and O–H groups in total. The maximum atomic E-state index is 4.50. The number of hydrogen-bond acceptors (Lipinski definition) is 1. The SMILES string of the molecule is CC(C)N(B=NC(C)(C)C)C(C)C. The Morgan fingerprint density at radius 2 is 1.38 bits per heavy atom. The minimum atomic E-state index is 0.0298. The van der Waals surface area contributed by atoms with E-state index in [1.54, 1.807) is 0 Å². The molecule has 0 aromatic carbocycles. The van der Waals surface area contributed by atoms with Crippen LogP contribution >= 0.6 is 0 Å². The third kappa shape index (κ3) is 5.84. The van der Waals surface area contributed by atoms with E-state index in [9.17, 15) is 0 Å². The summed E-state index contributed by atoms with van der Waals surface area (Å²) in [5.41, 5.74) is 0.0298. The van der Waals surface area contributed by atoms with Crippen LogP contribution in [0.15, 0.2) is 4.90 Å². The van der Waals surface area contributed by atoms with Crippen molar-refractivity contribution >= 4 is 7.21 Å². The van der Waals surface area contributed by atoms with Gasteiger partial charge in [0.1, 0.15) is 0 Å². The van der Waals surface area contributed by atoms with Crippen LogP contribution in [0.4, 0.5) is 0 Å². The first-order valence-corrected chi connectivity index (χ1v) is 5.07. The second kappa shape index (κ2) is 4.78. The predicted octanol–water partition coefficient (Wildman–Crippen LogP) is 2.71. The van der Waals surface area contributed by atoms with Crippen molar-refractivity contribution < 1.29 is 0 Å². The van der Waals surface area contributed by atoms with Gasteiger partial charge in [-0.1, -0.05) is 0 Å². The summed E-state index contributed by atoms with van der Waals surface area (Å²) >= 11 is 0. The molecule has 0 spiro atoms. The first-order valence-electron chi connectivity index (χ1n) is 5.07. The Kier molecular flexibility index (Phi) is 4.65. The maximum absolute atomic E-state index is 4.50. The standard InChI is InChI=1S/C10H23BN2/c1-8(2)13(9(3)4)11-12-10(5,6)7/h8-9H,1-7H3.